The van der Waals surface area contributed by atoms with Crippen molar-refractivity contribution in [1.82, 2.24) is 0 Å². The van der Waals surface area contributed by atoms with Crippen LogP contribution < -0.4 is 16.8 Å². The summed E-state index contributed by atoms with van der Waals surface area (Å²) in [6.45, 7) is 3.40. The third kappa shape index (κ3) is 4.20. The van der Waals surface area contributed by atoms with Crippen molar-refractivity contribution in [2.24, 2.45) is 17.4 Å². The van der Waals surface area contributed by atoms with Gasteiger partial charge < -0.3 is 21.5 Å². The van der Waals surface area contributed by atoms with Gasteiger partial charge in [-0.3, -0.25) is 9.59 Å². The molecule has 0 saturated carbocycles. The number of carbonyl (C=O) groups is 3. The van der Waals surface area contributed by atoms with Crippen molar-refractivity contribution < 1.29 is 19.1 Å². The Bertz CT molecular complexity index is 544. The van der Waals surface area contributed by atoms with Crippen LogP contribution in [0.25, 0.3) is 0 Å². The predicted octanol–water partition coefficient (Wildman–Crippen LogP) is 1.67. The molecule has 0 aliphatic carbocycles. The highest BCUT2D eigenvalue weighted by Gasteiger charge is 2.27. The number of thiophene rings is 1. The molecule has 0 fully saturated rings. The summed E-state index contributed by atoms with van der Waals surface area (Å²) in [6, 6.07) is 1.55. The van der Waals surface area contributed by atoms with Crippen LogP contribution in [0.15, 0.2) is 9.85 Å². The van der Waals surface area contributed by atoms with Crippen LogP contribution in [0, 0.1) is 5.92 Å². The van der Waals surface area contributed by atoms with Gasteiger partial charge in [0.15, 0.2) is 6.10 Å². The maximum absolute atomic E-state index is 12.1. The van der Waals surface area contributed by atoms with E-state index in [1.165, 1.54) is 0 Å². The maximum Gasteiger partial charge on any atom is 0.405 e. The van der Waals surface area contributed by atoms with E-state index in [9.17, 15) is 14.4 Å². The van der Waals surface area contributed by atoms with E-state index in [-0.39, 0.29) is 16.5 Å². The lowest BCUT2D eigenvalue weighted by molar-refractivity contribution is -0.126. The summed E-state index contributed by atoms with van der Waals surface area (Å²) in [5.41, 5.74) is 10.4. The quantitative estimate of drug-likeness (QED) is 0.735. The molecule has 9 heteroatoms. The molecule has 0 bridgehead atoms. The van der Waals surface area contributed by atoms with Crippen molar-refractivity contribution in [3.8, 4) is 0 Å². The van der Waals surface area contributed by atoms with E-state index in [2.05, 4.69) is 21.2 Å². The summed E-state index contributed by atoms with van der Waals surface area (Å²) < 4.78 is 5.39. The van der Waals surface area contributed by atoms with Crippen molar-refractivity contribution in [1.29, 1.82) is 0 Å². The van der Waals surface area contributed by atoms with Crippen molar-refractivity contribution in [2.75, 3.05) is 5.32 Å². The molecule has 1 aromatic rings. The molecule has 3 amide bonds. The Balaban J connectivity index is 2.93. The van der Waals surface area contributed by atoms with Gasteiger partial charge in [-0.1, -0.05) is 13.8 Å². The summed E-state index contributed by atoms with van der Waals surface area (Å²) >= 11 is 4.29. The summed E-state index contributed by atoms with van der Waals surface area (Å²) in [5.74, 6) is -1.51. The molecule has 1 aromatic heterocycles. The zero-order valence-corrected chi connectivity index (χ0v) is 13.2. The number of nitrogens with one attached hydrogen (secondary N) is 1. The average molecular weight is 364 g/mol. The summed E-state index contributed by atoms with van der Waals surface area (Å²) in [4.78, 5) is 34.3. The first kappa shape index (κ1) is 16.4. The van der Waals surface area contributed by atoms with Gasteiger partial charge in [-0.25, -0.2) is 4.79 Å². The van der Waals surface area contributed by atoms with Crippen LogP contribution >= 0.6 is 27.3 Å². The van der Waals surface area contributed by atoms with E-state index < -0.39 is 24.0 Å². The van der Waals surface area contributed by atoms with Gasteiger partial charge in [-0.2, -0.15) is 0 Å². The molecule has 0 saturated heterocycles. The first-order chi connectivity index (χ1) is 9.22. The van der Waals surface area contributed by atoms with Gasteiger partial charge in [0.25, 0.3) is 11.8 Å². The van der Waals surface area contributed by atoms with E-state index in [1.807, 2.05) is 0 Å². The van der Waals surface area contributed by atoms with E-state index >= 15 is 0 Å². The van der Waals surface area contributed by atoms with Gasteiger partial charge in [0.2, 0.25) is 0 Å². The molecular formula is C11H14BrN3O4S. The Hall–Kier alpha value is -1.61. The number of hydrogen-bond acceptors (Lipinski definition) is 5. The van der Waals surface area contributed by atoms with Crippen molar-refractivity contribution in [2.45, 2.75) is 20.0 Å². The molecule has 1 atom stereocenters. The monoisotopic (exact) mass is 363 g/mol. The number of anilines is 1. The standard InChI is InChI=1S/C11H14BrN3O4S/c1-4(2)7(19-11(14)18)10(17)15-5-3-6(12)20-8(5)9(13)16/h3-4,7H,1-2H3,(H2,13,16)(H2,14,18)(H,15,17)/t7-/m1/s1. The Morgan fingerprint density at radius 1 is 1.35 bits per heavy atom. The molecule has 0 aliphatic rings. The lowest BCUT2D eigenvalue weighted by Crippen LogP contribution is -2.38. The molecule has 0 aliphatic heterocycles. The largest absolute Gasteiger partial charge is 0.436 e. The zero-order chi connectivity index (χ0) is 15.4. The second kappa shape index (κ2) is 6.71. The molecule has 5 N–H and O–H groups in total. The molecular weight excluding hydrogens is 350 g/mol. The lowest BCUT2D eigenvalue weighted by atomic mass is 10.1. The second-order valence-corrected chi connectivity index (χ2v) is 6.68. The predicted molar refractivity (Wildman–Crippen MR) is 78.5 cm³/mol. The SMILES string of the molecule is CC(C)[C@@H](OC(N)=O)C(=O)Nc1cc(Br)sc1C(N)=O. The zero-order valence-electron chi connectivity index (χ0n) is 10.8. The van der Waals surface area contributed by atoms with Crippen LogP contribution in [0.2, 0.25) is 0 Å². The number of primary amides is 2. The van der Waals surface area contributed by atoms with E-state index in [0.29, 0.717) is 3.79 Å². The number of halogens is 1. The summed E-state index contributed by atoms with van der Waals surface area (Å²) in [6.07, 6.45) is -2.09. The molecule has 0 spiro atoms. The van der Waals surface area contributed by atoms with Crippen LogP contribution in [0.3, 0.4) is 0 Å². The first-order valence-electron chi connectivity index (χ1n) is 5.58. The first-order valence-corrected chi connectivity index (χ1v) is 7.19. The number of ether oxygens (including phenoxy) is 1. The third-order valence-electron chi connectivity index (χ3n) is 2.29. The van der Waals surface area contributed by atoms with Crippen LogP contribution in [-0.2, 0) is 9.53 Å². The van der Waals surface area contributed by atoms with Crippen LogP contribution in [0.1, 0.15) is 23.5 Å². The Morgan fingerprint density at radius 2 is 1.95 bits per heavy atom. The topological polar surface area (TPSA) is 125 Å². The Morgan fingerprint density at radius 3 is 2.40 bits per heavy atom. The molecule has 110 valence electrons. The van der Waals surface area contributed by atoms with Crippen LogP contribution in [-0.4, -0.2) is 24.0 Å². The molecule has 0 radical (unpaired) electrons. The number of amides is 3. The van der Waals surface area contributed by atoms with E-state index in [4.69, 9.17) is 16.2 Å². The van der Waals surface area contributed by atoms with Crippen molar-refractivity contribution >= 4 is 50.9 Å². The van der Waals surface area contributed by atoms with E-state index in [0.717, 1.165) is 11.3 Å². The number of carbonyl (C=O) groups excluding carboxylic acids is 3. The molecule has 20 heavy (non-hydrogen) atoms. The highest BCUT2D eigenvalue weighted by molar-refractivity contribution is 9.11. The molecule has 0 unspecified atom stereocenters. The second-order valence-electron chi connectivity index (χ2n) is 4.25. The summed E-state index contributed by atoms with van der Waals surface area (Å²) in [7, 11) is 0. The van der Waals surface area contributed by atoms with Crippen LogP contribution in [0.4, 0.5) is 10.5 Å². The van der Waals surface area contributed by atoms with Gasteiger partial charge in [-0.05, 0) is 27.9 Å². The van der Waals surface area contributed by atoms with Gasteiger partial charge in [0, 0.05) is 0 Å². The van der Waals surface area contributed by atoms with Gasteiger partial charge in [-0.15, -0.1) is 11.3 Å². The summed E-state index contributed by atoms with van der Waals surface area (Å²) in [5, 5.41) is 2.51. The van der Waals surface area contributed by atoms with Crippen molar-refractivity contribution in [3.63, 3.8) is 0 Å². The highest BCUT2D eigenvalue weighted by Crippen LogP contribution is 2.31. The smallest absolute Gasteiger partial charge is 0.405 e. The Labute approximate surface area is 127 Å². The highest BCUT2D eigenvalue weighted by atomic mass is 79.9. The maximum atomic E-state index is 12.1. The number of hydrogen-bond donors (Lipinski definition) is 3. The van der Waals surface area contributed by atoms with E-state index in [1.54, 1.807) is 19.9 Å². The minimum Gasteiger partial charge on any atom is -0.436 e. The molecule has 1 heterocycles. The molecule has 1 rings (SSSR count). The minimum atomic E-state index is -1.05. The van der Waals surface area contributed by atoms with Gasteiger partial charge >= 0.3 is 6.09 Å². The lowest BCUT2D eigenvalue weighted by Gasteiger charge is -2.19. The van der Waals surface area contributed by atoms with Gasteiger partial charge in [0.05, 0.1) is 9.47 Å². The number of rotatable bonds is 5. The fourth-order valence-corrected chi connectivity index (χ4v) is 2.87. The fraction of sp³-hybridized carbons (Fsp3) is 0.364. The normalized spacial score (nSPS) is 12.0. The fourth-order valence-electron chi connectivity index (χ4n) is 1.46. The van der Waals surface area contributed by atoms with Gasteiger partial charge in [0.1, 0.15) is 4.88 Å². The molecule has 0 aromatic carbocycles. The van der Waals surface area contributed by atoms with Crippen molar-refractivity contribution in [3.05, 3.63) is 14.7 Å². The number of nitrogens with two attached hydrogens (primary N) is 2. The molecule has 7 nitrogen and oxygen atoms in total. The average Bonchev–Trinajstić information content (AvgIpc) is 2.66. The van der Waals surface area contributed by atoms with Crippen LogP contribution in [0.5, 0.6) is 0 Å². The minimum absolute atomic E-state index is 0.201. The third-order valence-corrected chi connectivity index (χ3v) is 3.94. The Kier molecular flexibility index (Phi) is 5.52.